The molecule has 0 spiro atoms. The van der Waals surface area contributed by atoms with E-state index >= 15 is 0 Å². The Bertz CT molecular complexity index is 952. The van der Waals surface area contributed by atoms with Crippen LogP contribution >= 0.6 is 0 Å². The fourth-order valence-corrected chi connectivity index (χ4v) is 7.62. The number of allylic oxidation sites excluding steroid dienone is 1. The van der Waals surface area contributed by atoms with Gasteiger partial charge in [0.2, 0.25) is 0 Å². The summed E-state index contributed by atoms with van der Waals surface area (Å²) in [6, 6.07) is 0. The lowest BCUT2D eigenvalue weighted by molar-refractivity contribution is -0.187. The lowest BCUT2D eigenvalue weighted by atomic mass is 9.44. The molecule has 28 heavy (non-hydrogen) atoms. The highest BCUT2D eigenvalue weighted by molar-refractivity contribution is 5.92. The zero-order valence-corrected chi connectivity index (χ0v) is 17.0. The molecule has 154 valence electrons. The smallest absolute Gasteiger partial charge is 0.303 e. The molecule has 0 aliphatic heterocycles. The number of ether oxygens (including phenoxy) is 1. The van der Waals surface area contributed by atoms with Gasteiger partial charge in [0.15, 0.2) is 17.2 Å². The third-order valence-electron chi connectivity index (χ3n) is 8.96. The molecule has 4 aliphatic carbocycles. The number of rotatable bonds is 2. The Balaban J connectivity index is 1.77. The van der Waals surface area contributed by atoms with Crippen LogP contribution in [0.1, 0.15) is 87.6 Å². The molecule has 3 fully saturated rings. The van der Waals surface area contributed by atoms with E-state index in [4.69, 9.17) is 13.0 Å². The van der Waals surface area contributed by atoms with Crippen LogP contribution in [-0.2, 0) is 19.1 Å². The summed E-state index contributed by atoms with van der Waals surface area (Å²) in [6.45, 7) is 0.136. The maximum atomic E-state index is 13.0. The predicted octanol–water partition coefficient (Wildman–Crippen LogP) is 4.66. The zero-order valence-electron chi connectivity index (χ0n) is 23.0. The number of esters is 1. The van der Waals surface area contributed by atoms with Gasteiger partial charge in [-0.25, -0.2) is 0 Å². The molecule has 0 N–H and O–H groups in total. The molecule has 7 atom stereocenters. The Morgan fingerprint density at radius 3 is 2.61 bits per heavy atom. The first-order chi connectivity index (χ1) is 15.5. The van der Waals surface area contributed by atoms with E-state index in [1.807, 2.05) is 6.92 Å². The molecule has 0 bridgehead atoms. The van der Waals surface area contributed by atoms with Crippen LogP contribution in [0.3, 0.4) is 0 Å². The highest BCUT2D eigenvalue weighted by Crippen LogP contribution is 2.69. The van der Waals surface area contributed by atoms with Crippen molar-refractivity contribution >= 4 is 17.5 Å². The monoisotopic (exact) mass is 392 g/mol. The van der Waals surface area contributed by atoms with E-state index in [0.29, 0.717) is 38.5 Å². The number of carbonyl (C=O) groups is 3. The van der Waals surface area contributed by atoms with Gasteiger partial charge in [-0.3, -0.25) is 14.4 Å². The predicted molar refractivity (Wildman–Crippen MR) is 106 cm³/mol. The van der Waals surface area contributed by atoms with Crippen molar-refractivity contribution in [2.75, 3.05) is 0 Å². The number of carbonyl (C=O) groups excluding carboxylic acids is 3. The number of fused-ring (bicyclic) bond motifs is 5. The number of hydrogen-bond donors (Lipinski definition) is 0. The van der Waals surface area contributed by atoms with Crippen molar-refractivity contribution in [3.05, 3.63) is 11.6 Å². The van der Waals surface area contributed by atoms with E-state index in [-0.39, 0.29) is 35.7 Å². The summed E-state index contributed by atoms with van der Waals surface area (Å²) >= 11 is 0. The van der Waals surface area contributed by atoms with Crippen LogP contribution in [0.5, 0.6) is 0 Å². The maximum Gasteiger partial charge on any atom is 0.303 e. The second kappa shape index (κ2) is 6.27. The lowest BCUT2D eigenvalue weighted by Gasteiger charge is -2.60. The van der Waals surface area contributed by atoms with Gasteiger partial charge in [-0.15, -0.1) is 0 Å². The minimum absolute atomic E-state index is 0.0196. The molecule has 4 nitrogen and oxygen atoms in total. The maximum absolute atomic E-state index is 13.0. The largest absolute Gasteiger partial charge is 0.451 e. The van der Waals surface area contributed by atoms with Gasteiger partial charge >= 0.3 is 5.97 Å². The molecule has 4 heteroatoms. The standard InChI is InChI=1S/C24H34O4/c1-14-12-18-19(22(4)9-6-17(27)13-21(14)22)7-10-23(5)20(18)8-11-24(23,15(2)25)28-16(3)26/h13-14,18-20H,6-12H2,1-5H3/t14-,18+,19-,20-,22+,23-,24-/m0/s1/i1D3,3D3. The average Bonchev–Trinajstić information content (AvgIpc) is 3.00. The number of hydrogen-bond acceptors (Lipinski definition) is 4. The van der Waals surface area contributed by atoms with Crippen molar-refractivity contribution in [3.63, 3.8) is 0 Å². The first-order valence-electron chi connectivity index (χ1n) is 13.5. The van der Waals surface area contributed by atoms with Gasteiger partial charge in [0.05, 0.1) is 0 Å². The molecule has 0 radical (unpaired) electrons. The van der Waals surface area contributed by atoms with Crippen molar-refractivity contribution in [2.45, 2.75) is 85.0 Å². The summed E-state index contributed by atoms with van der Waals surface area (Å²) in [5.41, 5.74) is -1.96. The normalized spacial score (nSPS) is 51.5. The third kappa shape index (κ3) is 2.45. The van der Waals surface area contributed by atoms with Crippen molar-refractivity contribution < 1.29 is 27.3 Å². The molecule has 0 unspecified atom stereocenters. The zero-order chi connectivity index (χ0) is 25.5. The van der Waals surface area contributed by atoms with Crippen molar-refractivity contribution in [2.24, 2.45) is 34.5 Å². The van der Waals surface area contributed by atoms with Crippen molar-refractivity contribution in [3.8, 4) is 0 Å². The topological polar surface area (TPSA) is 60.4 Å². The average molecular weight is 393 g/mol. The Morgan fingerprint density at radius 1 is 1.18 bits per heavy atom. The fraction of sp³-hybridized carbons (Fsp3) is 0.792. The lowest BCUT2D eigenvalue weighted by Crippen LogP contribution is -2.59. The Labute approximate surface area is 176 Å². The van der Waals surface area contributed by atoms with Crippen LogP contribution in [0.4, 0.5) is 0 Å². The first kappa shape index (κ1) is 13.7. The van der Waals surface area contributed by atoms with Crippen LogP contribution in [0.15, 0.2) is 11.6 Å². The second-order valence-corrected chi connectivity index (χ2v) is 9.92. The molecule has 0 heterocycles. The van der Waals surface area contributed by atoms with E-state index in [1.54, 1.807) is 6.08 Å². The van der Waals surface area contributed by atoms with Crippen molar-refractivity contribution in [1.29, 1.82) is 0 Å². The number of Topliss-reactive ketones (excluding diaryl/α,β-unsaturated/α-hetero) is 1. The molecule has 0 aromatic heterocycles. The van der Waals surface area contributed by atoms with E-state index < -0.39 is 42.0 Å². The Hall–Kier alpha value is -1.45. The van der Waals surface area contributed by atoms with Gasteiger partial charge in [0, 0.05) is 26.9 Å². The second-order valence-electron chi connectivity index (χ2n) is 9.92. The minimum atomic E-state index is -2.97. The van der Waals surface area contributed by atoms with Gasteiger partial charge < -0.3 is 4.74 Å². The summed E-state index contributed by atoms with van der Waals surface area (Å²) in [5, 5.41) is 0. The van der Waals surface area contributed by atoms with E-state index in [9.17, 15) is 14.4 Å². The van der Waals surface area contributed by atoms with Crippen molar-refractivity contribution in [1.82, 2.24) is 0 Å². The molecular formula is C24H34O4. The molecule has 4 aliphatic rings. The highest BCUT2D eigenvalue weighted by Gasteiger charge is 2.68. The molecule has 3 saturated carbocycles. The minimum Gasteiger partial charge on any atom is -0.451 e. The van der Waals surface area contributed by atoms with Gasteiger partial charge in [-0.05, 0) is 80.6 Å². The van der Waals surface area contributed by atoms with Gasteiger partial charge in [-0.2, -0.15) is 0 Å². The molecular weight excluding hydrogens is 352 g/mol. The molecule has 0 amide bonds. The quantitative estimate of drug-likeness (QED) is 0.642. The van der Waals surface area contributed by atoms with E-state index in [0.717, 1.165) is 5.57 Å². The number of ketones is 2. The Kier molecular flexibility index (Phi) is 3.07. The summed E-state index contributed by atoms with van der Waals surface area (Å²) in [6.07, 6.45) is 5.05. The van der Waals surface area contributed by atoms with Crippen LogP contribution in [0, 0.1) is 34.5 Å². The molecule has 0 aromatic carbocycles. The summed E-state index contributed by atoms with van der Waals surface area (Å²) in [5.74, 6) is -2.42. The van der Waals surface area contributed by atoms with E-state index in [2.05, 4.69) is 6.92 Å². The first-order valence-corrected chi connectivity index (χ1v) is 10.5. The third-order valence-corrected chi connectivity index (χ3v) is 8.96. The molecule has 0 saturated heterocycles. The van der Waals surface area contributed by atoms with Gasteiger partial charge in [0.25, 0.3) is 0 Å². The molecule has 0 aromatic rings. The fourth-order valence-electron chi connectivity index (χ4n) is 7.62. The Morgan fingerprint density at radius 2 is 1.93 bits per heavy atom. The van der Waals surface area contributed by atoms with Crippen LogP contribution in [0.2, 0.25) is 0 Å². The van der Waals surface area contributed by atoms with E-state index in [1.165, 1.54) is 6.92 Å². The van der Waals surface area contributed by atoms with Crippen LogP contribution in [0.25, 0.3) is 0 Å². The SMILES string of the molecule is [2H]C([2H])([2H])C(=O)O[C@]1(C(C)=O)CC[C@H]2[C@@H]3C[C@H](C([2H])([2H])[2H])C4=CC(=O)CC[C@]4(C)[C@H]3CC[C@@]21C. The van der Waals surface area contributed by atoms with Gasteiger partial charge in [0.1, 0.15) is 0 Å². The molecule has 4 rings (SSSR count). The summed E-state index contributed by atoms with van der Waals surface area (Å²) < 4.78 is 52.7. The van der Waals surface area contributed by atoms with Crippen LogP contribution < -0.4 is 0 Å². The summed E-state index contributed by atoms with van der Waals surface area (Å²) in [7, 11) is 0. The summed E-state index contributed by atoms with van der Waals surface area (Å²) in [4.78, 5) is 37.7. The van der Waals surface area contributed by atoms with Crippen LogP contribution in [-0.4, -0.2) is 23.1 Å². The van der Waals surface area contributed by atoms with Gasteiger partial charge in [-0.1, -0.05) is 26.3 Å². The highest BCUT2D eigenvalue weighted by atomic mass is 16.6.